The zero-order valence-electron chi connectivity index (χ0n) is 22.1. The Kier molecular flexibility index (Phi) is 8.87. The molecular weight excluding hydrogens is 690 g/mol. The van der Waals surface area contributed by atoms with Crippen LogP contribution >= 0.6 is 28.4 Å². The zero-order chi connectivity index (χ0) is 29.3. The summed E-state index contributed by atoms with van der Waals surface area (Å²) in [4.78, 5) is 21.0. The molecular formula is C25H27F2IN7O4PS. The first kappa shape index (κ1) is 29.7. The second-order valence-electron chi connectivity index (χ2n) is 9.60. The zero-order valence-corrected chi connectivity index (χ0v) is 26.0. The Hall–Kier alpha value is -2.75. The minimum atomic E-state index is -3.75. The molecule has 2 N–H and O–H groups in total. The van der Waals surface area contributed by atoms with Crippen molar-refractivity contribution < 1.29 is 26.7 Å². The lowest BCUT2D eigenvalue weighted by Crippen LogP contribution is -2.14. The smallest absolute Gasteiger partial charge is 0.295 e. The van der Waals surface area contributed by atoms with Gasteiger partial charge in [0.1, 0.15) is 11.3 Å². The minimum absolute atomic E-state index is 0.0123. The number of halogens is 3. The third kappa shape index (κ3) is 6.68. The summed E-state index contributed by atoms with van der Waals surface area (Å²) in [6.07, 6.45) is 2.24. The highest BCUT2D eigenvalue weighted by Gasteiger charge is 2.30. The number of nitrogens with zero attached hydrogens (tertiary/aromatic N) is 5. The maximum absolute atomic E-state index is 13.9. The summed E-state index contributed by atoms with van der Waals surface area (Å²) in [5.41, 5.74) is 1.92. The lowest BCUT2D eigenvalue weighted by atomic mass is 10.1. The van der Waals surface area contributed by atoms with E-state index in [4.69, 9.17) is 4.74 Å². The number of aryl methyl sites for hydroxylation is 1. The molecule has 1 unspecified atom stereocenters. The van der Waals surface area contributed by atoms with E-state index in [2.05, 4.69) is 25.7 Å². The number of hydrogen-bond acceptors (Lipinski definition) is 8. The normalized spacial score (nSPS) is 14.0. The fourth-order valence-corrected chi connectivity index (χ4v) is 7.03. The molecule has 1 amide bonds. The fourth-order valence-electron chi connectivity index (χ4n) is 4.27. The number of ether oxygens (including phenoxy) is 1. The van der Waals surface area contributed by atoms with Gasteiger partial charge in [0.05, 0.1) is 28.3 Å². The average molecular weight is 717 g/mol. The number of aromatic nitrogens is 5. The summed E-state index contributed by atoms with van der Waals surface area (Å²) in [5, 5.41) is 10.4. The lowest BCUT2D eigenvalue weighted by Gasteiger charge is -2.14. The molecule has 4 aromatic rings. The average Bonchev–Trinajstić information content (AvgIpc) is 3.56. The summed E-state index contributed by atoms with van der Waals surface area (Å²) in [6, 6.07) is 8.11. The highest BCUT2D eigenvalue weighted by atomic mass is 127. The molecule has 1 aliphatic rings. The Morgan fingerprint density at radius 2 is 2.00 bits per heavy atom. The lowest BCUT2D eigenvalue weighted by molar-refractivity contribution is -0.117. The number of fused-ring (bicyclic) bond motifs is 1. The summed E-state index contributed by atoms with van der Waals surface area (Å²) < 4.78 is 61.6. The van der Waals surface area contributed by atoms with Crippen LogP contribution in [0.2, 0.25) is 0 Å². The van der Waals surface area contributed by atoms with Crippen LogP contribution in [0.25, 0.3) is 22.4 Å². The molecule has 1 fully saturated rings. The van der Waals surface area contributed by atoms with Crippen molar-refractivity contribution in [1.82, 2.24) is 24.1 Å². The predicted octanol–water partition coefficient (Wildman–Crippen LogP) is 5.56. The van der Waals surface area contributed by atoms with Crippen molar-refractivity contribution >= 4 is 72.5 Å². The minimum Gasteiger partial charge on any atom is -0.385 e. The first-order valence-electron chi connectivity index (χ1n) is 12.6. The number of amides is 1. The third-order valence-electron chi connectivity index (χ3n) is 6.44. The highest BCUT2D eigenvalue weighted by molar-refractivity contribution is 14.2. The predicted molar refractivity (Wildman–Crippen MR) is 162 cm³/mol. The van der Waals surface area contributed by atoms with Gasteiger partial charge in [-0.3, -0.25) is 13.8 Å². The van der Waals surface area contributed by atoms with Gasteiger partial charge in [0.2, 0.25) is 5.91 Å². The molecule has 1 aromatic carbocycles. The van der Waals surface area contributed by atoms with Crippen LogP contribution in [-0.2, 0) is 25.9 Å². The van der Waals surface area contributed by atoms with Crippen molar-refractivity contribution in [2.45, 2.75) is 37.1 Å². The number of sulfone groups is 1. The van der Waals surface area contributed by atoms with E-state index in [1.54, 1.807) is 30.0 Å². The molecule has 1 atom stereocenters. The number of rotatable bonds is 12. The van der Waals surface area contributed by atoms with Gasteiger partial charge in [0, 0.05) is 50.3 Å². The Bertz CT molecular complexity index is 1710. The van der Waals surface area contributed by atoms with Gasteiger partial charge in [-0.2, -0.15) is 5.10 Å². The first-order chi connectivity index (χ1) is 19.6. The van der Waals surface area contributed by atoms with Crippen LogP contribution < -0.4 is 10.6 Å². The van der Waals surface area contributed by atoms with E-state index in [1.807, 2.05) is 28.2 Å². The third-order valence-corrected chi connectivity index (χ3v) is 9.64. The molecule has 5 rings (SSSR count). The van der Waals surface area contributed by atoms with Gasteiger partial charge in [0.25, 0.3) is 6.43 Å². The highest BCUT2D eigenvalue weighted by Crippen LogP contribution is 2.40. The number of carbonyl (C=O) groups is 1. The number of alkyl halides is 2. The Balaban J connectivity index is 1.56. The summed E-state index contributed by atoms with van der Waals surface area (Å²) in [5.74, 6) is -0.619. The molecule has 218 valence electrons. The fraction of sp³-hybridized carbons (Fsp3) is 0.360. The molecule has 0 bridgehead atoms. The molecule has 41 heavy (non-hydrogen) atoms. The molecule has 0 saturated heterocycles. The van der Waals surface area contributed by atoms with E-state index in [0.717, 1.165) is 25.5 Å². The molecule has 0 aliphatic heterocycles. The quantitative estimate of drug-likeness (QED) is 0.111. The van der Waals surface area contributed by atoms with Crippen LogP contribution in [-0.4, -0.2) is 58.4 Å². The number of anilines is 3. The van der Waals surface area contributed by atoms with E-state index < -0.39 is 22.1 Å². The number of carbonyl (C=O) groups excluding carboxylic acids is 1. The molecule has 1 saturated carbocycles. The van der Waals surface area contributed by atoms with E-state index in [9.17, 15) is 22.0 Å². The molecule has 1 aliphatic carbocycles. The number of nitrogens with one attached hydrogen (secondary N) is 2. The van der Waals surface area contributed by atoms with Crippen molar-refractivity contribution in [1.29, 1.82) is 0 Å². The van der Waals surface area contributed by atoms with Crippen LogP contribution in [0.4, 0.5) is 26.0 Å². The van der Waals surface area contributed by atoms with Crippen LogP contribution in [0.1, 0.15) is 31.5 Å². The second-order valence-corrected chi connectivity index (χ2v) is 13.6. The topological polar surface area (TPSA) is 133 Å². The molecule has 3 aromatic heterocycles. The van der Waals surface area contributed by atoms with Crippen LogP contribution in [0.3, 0.4) is 0 Å². The van der Waals surface area contributed by atoms with Gasteiger partial charge < -0.3 is 15.4 Å². The monoisotopic (exact) mass is 717 g/mol. The van der Waals surface area contributed by atoms with Crippen molar-refractivity contribution in [2.24, 2.45) is 5.92 Å². The molecule has 11 nitrogen and oxygen atoms in total. The first-order valence-corrected chi connectivity index (χ1v) is 18.6. The van der Waals surface area contributed by atoms with E-state index in [0.29, 0.717) is 24.4 Å². The van der Waals surface area contributed by atoms with Crippen molar-refractivity contribution in [3.05, 3.63) is 42.4 Å². The van der Waals surface area contributed by atoms with Crippen molar-refractivity contribution in [3.63, 3.8) is 0 Å². The van der Waals surface area contributed by atoms with Gasteiger partial charge in [-0.05, 0) is 59.5 Å². The standard InChI is InChI=1S/C25H27F2IN7O4PS/c1-39-11-3-9-34-10-8-16(33-34)15-6-7-17(19(12-15)41(2,37)38)29-18-13-20(31-25(36)14-4-5-14)30-23-21(18)32-24(22(26)27)35(23)40-28/h6-8,10,12-14,22,40H,3-5,9,11H2,1-2H3,(H2,29,30,31,36). The van der Waals surface area contributed by atoms with Gasteiger partial charge in [-0.25, -0.2) is 27.2 Å². The number of benzene rings is 1. The van der Waals surface area contributed by atoms with E-state index in [1.165, 1.54) is 16.5 Å². The van der Waals surface area contributed by atoms with Crippen LogP contribution in [0, 0.1) is 5.92 Å². The maximum Gasteiger partial charge on any atom is 0.295 e. The summed E-state index contributed by atoms with van der Waals surface area (Å²) >= 11 is 1.96. The summed E-state index contributed by atoms with van der Waals surface area (Å²) in [7, 11) is -2.11. The van der Waals surface area contributed by atoms with Crippen LogP contribution in [0.15, 0.2) is 41.4 Å². The Labute approximate surface area is 249 Å². The molecule has 16 heteroatoms. The Morgan fingerprint density at radius 1 is 1.22 bits per heavy atom. The number of pyridine rings is 1. The Morgan fingerprint density at radius 3 is 2.66 bits per heavy atom. The van der Waals surface area contributed by atoms with E-state index in [-0.39, 0.29) is 51.5 Å². The van der Waals surface area contributed by atoms with Gasteiger partial charge in [-0.15, -0.1) is 0 Å². The van der Waals surface area contributed by atoms with Crippen molar-refractivity contribution in [3.8, 4) is 11.3 Å². The molecule has 0 spiro atoms. The van der Waals surface area contributed by atoms with Crippen LogP contribution in [0.5, 0.6) is 0 Å². The van der Waals surface area contributed by atoms with Gasteiger partial charge >= 0.3 is 0 Å². The largest absolute Gasteiger partial charge is 0.385 e. The molecule has 3 heterocycles. The van der Waals surface area contributed by atoms with Gasteiger partial charge in [0.15, 0.2) is 21.3 Å². The SMILES string of the molecule is COCCCn1ccc(-c2ccc(Nc3cc(NC(=O)C4CC4)nc4c3nc(C(F)F)n4PI)c(S(C)(=O)=O)c2)n1. The van der Waals surface area contributed by atoms with Crippen molar-refractivity contribution in [2.75, 3.05) is 30.6 Å². The number of imidazole rings is 1. The van der Waals surface area contributed by atoms with E-state index >= 15 is 0 Å². The maximum atomic E-state index is 13.9. The van der Waals surface area contributed by atoms with Gasteiger partial charge in [-0.1, -0.05) is 6.07 Å². The summed E-state index contributed by atoms with van der Waals surface area (Å²) in [6.45, 7) is 1.24. The molecule has 0 radical (unpaired) electrons. The number of hydrogen-bond donors (Lipinski definition) is 2. The number of methoxy groups -OCH3 is 1. The second kappa shape index (κ2) is 12.2.